The van der Waals surface area contributed by atoms with E-state index in [1.807, 2.05) is 0 Å². The summed E-state index contributed by atoms with van der Waals surface area (Å²) < 4.78 is 11.2. The highest BCUT2D eigenvalue weighted by Gasteiger charge is 2.59. The predicted octanol–water partition coefficient (Wildman–Crippen LogP) is 2.88. The van der Waals surface area contributed by atoms with Gasteiger partial charge in [-0.05, 0) is 43.9 Å². The van der Waals surface area contributed by atoms with Gasteiger partial charge in [-0.1, -0.05) is 20.3 Å². The Balaban J connectivity index is 1.56. The van der Waals surface area contributed by atoms with Gasteiger partial charge in [0.15, 0.2) is 6.29 Å². The summed E-state index contributed by atoms with van der Waals surface area (Å²) in [6.07, 6.45) is 6.36. The Morgan fingerprint density at radius 1 is 1.43 bits per heavy atom. The van der Waals surface area contributed by atoms with E-state index in [1.165, 1.54) is 0 Å². The van der Waals surface area contributed by atoms with E-state index in [9.17, 15) is 9.90 Å². The van der Waals surface area contributed by atoms with Crippen molar-refractivity contribution in [3.05, 3.63) is 0 Å². The highest BCUT2D eigenvalue weighted by atomic mass is 16.6. The van der Waals surface area contributed by atoms with Crippen LogP contribution in [0.1, 0.15) is 58.8 Å². The van der Waals surface area contributed by atoms with Crippen LogP contribution in [0.3, 0.4) is 0 Å². The molecule has 120 valence electrons. The minimum atomic E-state index is -0.628. The maximum absolute atomic E-state index is 11.4. The largest absolute Gasteiger partial charge is 0.465 e. The Morgan fingerprint density at radius 3 is 2.76 bits per heavy atom. The molecule has 1 aliphatic heterocycles. The van der Waals surface area contributed by atoms with Gasteiger partial charge in [-0.3, -0.25) is 4.79 Å². The molecular formula is C17H28O4. The van der Waals surface area contributed by atoms with E-state index in [-0.39, 0.29) is 23.4 Å². The lowest BCUT2D eigenvalue weighted by Crippen LogP contribution is -2.37. The fraction of sp³-hybridized carbons (Fsp3) is 0.941. The number of aliphatic hydroxyl groups is 1. The third-order valence-electron chi connectivity index (χ3n) is 6.08. The number of cyclic esters (lactones) is 1. The molecular weight excluding hydrogens is 268 g/mol. The Kier molecular flexibility index (Phi) is 4.28. The maximum Gasteiger partial charge on any atom is 0.306 e. The summed E-state index contributed by atoms with van der Waals surface area (Å²) in [7, 11) is 0. The van der Waals surface area contributed by atoms with Crippen molar-refractivity contribution in [3.63, 3.8) is 0 Å². The van der Waals surface area contributed by atoms with Gasteiger partial charge in [-0.2, -0.15) is 0 Å². The summed E-state index contributed by atoms with van der Waals surface area (Å²) in [5, 5.41) is 10.3. The van der Waals surface area contributed by atoms with Gasteiger partial charge in [-0.15, -0.1) is 0 Å². The van der Waals surface area contributed by atoms with Gasteiger partial charge in [0.05, 0.1) is 19.1 Å². The lowest BCUT2D eigenvalue weighted by Gasteiger charge is -2.36. The quantitative estimate of drug-likeness (QED) is 0.605. The van der Waals surface area contributed by atoms with E-state index >= 15 is 0 Å². The van der Waals surface area contributed by atoms with E-state index in [2.05, 4.69) is 13.8 Å². The maximum atomic E-state index is 11.4. The van der Waals surface area contributed by atoms with Crippen molar-refractivity contribution in [1.29, 1.82) is 0 Å². The zero-order chi connectivity index (χ0) is 15.0. The minimum absolute atomic E-state index is 0.0333. The molecule has 0 aromatic carbocycles. The summed E-state index contributed by atoms with van der Waals surface area (Å²) in [6, 6.07) is 0. The van der Waals surface area contributed by atoms with Gasteiger partial charge in [0.2, 0.25) is 0 Å². The summed E-state index contributed by atoms with van der Waals surface area (Å²) in [4.78, 5) is 11.4. The number of carbonyl (C=O) groups is 1. The molecule has 1 spiro atoms. The molecule has 0 radical (unpaired) electrons. The number of carbonyl (C=O) groups excluding carboxylic acids is 1. The average Bonchev–Trinajstić information content (AvgIpc) is 3.11. The second-order valence-corrected chi connectivity index (χ2v) is 7.35. The zero-order valence-corrected chi connectivity index (χ0v) is 13.2. The molecule has 4 heteroatoms. The van der Waals surface area contributed by atoms with Gasteiger partial charge in [0.25, 0.3) is 0 Å². The van der Waals surface area contributed by atoms with Crippen LogP contribution in [0.4, 0.5) is 0 Å². The van der Waals surface area contributed by atoms with Crippen molar-refractivity contribution in [2.24, 2.45) is 23.2 Å². The van der Waals surface area contributed by atoms with Gasteiger partial charge in [0.1, 0.15) is 0 Å². The van der Waals surface area contributed by atoms with Crippen LogP contribution in [-0.2, 0) is 14.3 Å². The van der Waals surface area contributed by atoms with Crippen LogP contribution in [0.25, 0.3) is 0 Å². The third-order valence-corrected chi connectivity index (χ3v) is 6.08. The molecule has 3 rings (SSSR count). The normalized spacial score (nSPS) is 40.7. The van der Waals surface area contributed by atoms with E-state index in [1.54, 1.807) is 0 Å². The fourth-order valence-electron chi connectivity index (χ4n) is 4.87. The van der Waals surface area contributed by atoms with E-state index in [0.29, 0.717) is 24.9 Å². The molecule has 2 bridgehead atoms. The van der Waals surface area contributed by atoms with Crippen LogP contribution in [-0.4, -0.2) is 30.1 Å². The van der Waals surface area contributed by atoms with Crippen LogP contribution in [0.2, 0.25) is 0 Å². The number of rotatable bonds is 6. The Labute approximate surface area is 127 Å². The SMILES string of the molecule is CCCC(CC)C(O)OC1CC2CC1CC21COC(=O)C1. The van der Waals surface area contributed by atoms with Crippen LogP contribution in [0.15, 0.2) is 0 Å². The van der Waals surface area contributed by atoms with E-state index < -0.39 is 6.29 Å². The lowest BCUT2D eigenvalue weighted by atomic mass is 9.72. The minimum Gasteiger partial charge on any atom is -0.465 e. The third kappa shape index (κ3) is 2.72. The molecule has 2 saturated carbocycles. The van der Waals surface area contributed by atoms with Gasteiger partial charge in [0, 0.05) is 11.3 Å². The fourth-order valence-corrected chi connectivity index (χ4v) is 4.87. The number of esters is 1. The number of ether oxygens (including phenoxy) is 2. The first kappa shape index (κ1) is 15.3. The molecule has 0 aromatic heterocycles. The molecule has 6 atom stereocenters. The molecule has 3 aliphatic rings. The number of aliphatic hydroxyl groups excluding tert-OH is 1. The van der Waals surface area contributed by atoms with Gasteiger partial charge in [-0.25, -0.2) is 0 Å². The molecule has 21 heavy (non-hydrogen) atoms. The molecule has 2 aliphatic carbocycles. The summed E-state index contributed by atoms with van der Waals surface area (Å²) in [5.41, 5.74) is 0.0974. The Morgan fingerprint density at radius 2 is 2.24 bits per heavy atom. The molecule has 0 amide bonds. The first-order valence-corrected chi connectivity index (χ1v) is 8.57. The average molecular weight is 296 g/mol. The van der Waals surface area contributed by atoms with Crippen molar-refractivity contribution in [2.75, 3.05) is 6.61 Å². The van der Waals surface area contributed by atoms with E-state index in [0.717, 1.165) is 38.5 Å². The second kappa shape index (κ2) is 5.88. The first-order valence-electron chi connectivity index (χ1n) is 8.57. The Bertz CT molecular complexity index is 396. The smallest absolute Gasteiger partial charge is 0.306 e. The number of fused-ring (bicyclic) bond motifs is 3. The molecule has 0 aromatic rings. The van der Waals surface area contributed by atoms with Crippen LogP contribution in [0, 0.1) is 23.2 Å². The van der Waals surface area contributed by atoms with Gasteiger partial charge >= 0.3 is 5.97 Å². The van der Waals surface area contributed by atoms with Gasteiger partial charge < -0.3 is 14.6 Å². The van der Waals surface area contributed by atoms with Crippen LogP contribution >= 0.6 is 0 Å². The highest BCUT2D eigenvalue weighted by molar-refractivity contribution is 5.72. The monoisotopic (exact) mass is 296 g/mol. The van der Waals surface area contributed by atoms with Crippen molar-refractivity contribution in [1.82, 2.24) is 0 Å². The summed E-state index contributed by atoms with van der Waals surface area (Å²) in [6.45, 7) is 4.87. The molecule has 1 N–H and O–H groups in total. The number of hydrogen-bond acceptors (Lipinski definition) is 4. The van der Waals surface area contributed by atoms with Crippen molar-refractivity contribution in [2.45, 2.75) is 71.2 Å². The molecule has 1 heterocycles. The predicted molar refractivity (Wildman–Crippen MR) is 78.4 cm³/mol. The molecule has 3 fully saturated rings. The van der Waals surface area contributed by atoms with Crippen molar-refractivity contribution >= 4 is 5.97 Å². The van der Waals surface area contributed by atoms with Crippen LogP contribution in [0.5, 0.6) is 0 Å². The van der Waals surface area contributed by atoms with Crippen LogP contribution < -0.4 is 0 Å². The number of hydrogen-bond donors (Lipinski definition) is 1. The first-order chi connectivity index (χ1) is 10.1. The van der Waals surface area contributed by atoms with Crippen molar-refractivity contribution < 1.29 is 19.4 Å². The molecule has 6 unspecified atom stereocenters. The highest BCUT2D eigenvalue weighted by Crippen LogP contribution is 2.60. The topological polar surface area (TPSA) is 55.8 Å². The summed E-state index contributed by atoms with van der Waals surface area (Å²) in [5.74, 6) is 1.25. The Hall–Kier alpha value is -0.610. The van der Waals surface area contributed by atoms with Crippen molar-refractivity contribution in [3.8, 4) is 0 Å². The second-order valence-electron chi connectivity index (χ2n) is 7.35. The zero-order valence-electron chi connectivity index (χ0n) is 13.2. The lowest BCUT2D eigenvalue weighted by molar-refractivity contribution is -0.183. The van der Waals surface area contributed by atoms with E-state index in [4.69, 9.17) is 9.47 Å². The standard InChI is InChI=1S/C17H28O4/c1-3-5-11(4-2)16(19)21-14-7-13-6-12(14)8-17(13)9-15(18)20-10-17/h11-14,16,19H,3-10H2,1-2H3. The summed E-state index contributed by atoms with van der Waals surface area (Å²) >= 11 is 0. The molecule has 1 saturated heterocycles. The molecule has 4 nitrogen and oxygen atoms in total.